The van der Waals surface area contributed by atoms with Crippen molar-refractivity contribution in [3.8, 4) is 0 Å². The lowest BCUT2D eigenvalue weighted by Crippen LogP contribution is -2.47. The summed E-state index contributed by atoms with van der Waals surface area (Å²) >= 11 is 6.20. The van der Waals surface area contributed by atoms with Crippen molar-refractivity contribution in [1.29, 1.82) is 0 Å². The van der Waals surface area contributed by atoms with Crippen molar-refractivity contribution in [3.63, 3.8) is 0 Å². The van der Waals surface area contributed by atoms with E-state index < -0.39 is 22.0 Å². The van der Waals surface area contributed by atoms with Crippen LogP contribution in [0.3, 0.4) is 0 Å². The molecule has 2 aliphatic rings. The number of fused-ring (bicyclic) bond motifs is 1. The molecule has 1 aromatic heterocycles. The first-order valence-corrected chi connectivity index (χ1v) is 15.7. The number of sulfonamides is 1. The number of carbonyl (C=O) groups excluding carboxylic acids is 1. The van der Waals surface area contributed by atoms with Gasteiger partial charge in [0.15, 0.2) is 0 Å². The van der Waals surface area contributed by atoms with Crippen LogP contribution in [-0.4, -0.2) is 79.0 Å². The van der Waals surface area contributed by atoms with E-state index in [2.05, 4.69) is 10.6 Å². The average Bonchev–Trinajstić information content (AvgIpc) is 3.51. The summed E-state index contributed by atoms with van der Waals surface area (Å²) in [7, 11) is -2.12. The van der Waals surface area contributed by atoms with E-state index in [0.717, 1.165) is 42.7 Å². The highest BCUT2D eigenvalue weighted by molar-refractivity contribution is 7.89. The lowest BCUT2D eigenvalue weighted by molar-refractivity contribution is -0.136. The second kappa shape index (κ2) is 11.8. The molecule has 1 amide bonds. The number of hydrogen-bond donors (Lipinski definition) is 1. The number of piperidine rings is 1. The molecule has 1 unspecified atom stereocenters. The molecule has 0 aliphatic carbocycles. The van der Waals surface area contributed by atoms with Gasteiger partial charge in [-0.2, -0.15) is 4.31 Å². The first-order chi connectivity index (χ1) is 19.1. The van der Waals surface area contributed by atoms with Crippen LogP contribution in [-0.2, 0) is 26.1 Å². The molecule has 0 bridgehead atoms. The number of aromatic nitrogens is 2. The van der Waals surface area contributed by atoms with Gasteiger partial charge in [-0.25, -0.2) is 13.4 Å². The number of aryl methyl sites for hydroxylation is 3. The van der Waals surface area contributed by atoms with Crippen molar-refractivity contribution in [3.05, 3.63) is 58.4 Å². The van der Waals surface area contributed by atoms with Gasteiger partial charge in [0.1, 0.15) is 5.82 Å². The summed E-state index contributed by atoms with van der Waals surface area (Å²) in [5.74, 6) is 0.400. The molecule has 216 valence electrons. The fourth-order valence-electron chi connectivity index (χ4n) is 6.05. The minimum Gasteiger partial charge on any atom is -0.385 e. The van der Waals surface area contributed by atoms with Crippen LogP contribution in [0, 0.1) is 19.8 Å². The predicted octanol–water partition coefficient (Wildman–Crippen LogP) is 3.70. The molecule has 2 aromatic carbocycles. The number of para-hydroxylation sites is 2. The molecule has 3 aromatic rings. The van der Waals surface area contributed by atoms with Crippen molar-refractivity contribution in [2.75, 3.05) is 39.9 Å². The zero-order valence-electron chi connectivity index (χ0n) is 23.3. The normalized spacial score (nSPS) is 22.3. The zero-order valence-corrected chi connectivity index (χ0v) is 24.9. The number of amides is 1. The lowest BCUT2D eigenvalue weighted by atomic mass is 9.94. The molecular formula is C29H38ClN5O4S. The molecule has 2 fully saturated rings. The standard InChI is InChI=1S/C29H38ClN5O4S/c1-19-15-27(20(2)14-23(19)30)40(37,38)34-17-22(24(31)18-34)29(36)33-11-6-8-21(16-33)28-32-25-9-4-5-10-26(25)35(28)12-7-13-39-3/h4-5,9-10,14-15,21-22,24H,6-8,11-13,16-18,31H2,1-3H3/t21?,22-,24-/m1/s1. The third kappa shape index (κ3) is 5.52. The summed E-state index contributed by atoms with van der Waals surface area (Å²) in [6.07, 6.45) is 2.65. The van der Waals surface area contributed by atoms with Crippen molar-refractivity contribution >= 4 is 38.6 Å². The second-order valence-corrected chi connectivity index (χ2v) is 13.4. The highest BCUT2D eigenvalue weighted by atomic mass is 35.5. The molecule has 2 saturated heterocycles. The van der Waals surface area contributed by atoms with E-state index in [1.807, 2.05) is 23.1 Å². The van der Waals surface area contributed by atoms with Crippen LogP contribution in [0.4, 0.5) is 0 Å². The maximum atomic E-state index is 13.8. The number of nitrogens with zero attached hydrogens (tertiary/aromatic N) is 4. The SMILES string of the molecule is COCCCn1c(C2CCCN(C(=O)[C@@H]3CN(S(=O)(=O)c4cc(C)c(Cl)cc4C)C[C@H]3N)C2)nc2ccccc21. The lowest BCUT2D eigenvalue weighted by Gasteiger charge is -2.35. The first kappa shape index (κ1) is 29.0. The molecule has 3 heterocycles. The van der Waals surface area contributed by atoms with Crippen molar-refractivity contribution in [2.24, 2.45) is 11.7 Å². The Labute approximate surface area is 241 Å². The second-order valence-electron chi connectivity index (χ2n) is 11.0. The molecule has 3 atom stereocenters. The number of methoxy groups -OCH3 is 1. The van der Waals surface area contributed by atoms with Crippen LogP contribution in [0.2, 0.25) is 5.02 Å². The van der Waals surface area contributed by atoms with E-state index in [1.165, 1.54) is 4.31 Å². The third-order valence-corrected chi connectivity index (χ3v) is 10.6. The van der Waals surface area contributed by atoms with Crippen LogP contribution >= 0.6 is 11.6 Å². The Hall–Kier alpha value is -2.50. The zero-order chi connectivity index (χ0) is 28.6. The molecular weight excluding hydrogens is 550 g/mol. The van der Waals surface area contributed by atoms with Crippen molar-refractivity contribution in [1.82, 2.24) is 18.8 Å². The van der Waals surface area contributed by atoms with Gasteiger partial charge in [0.25, 0.3) is 0 Å². The number of benzene rings is 2. The number of hydrogen-bond acceptors (Lipinski definition) is 6. The van der Waals surface area contributed by atoms with E-state index >= 15 is 0 Å². The summed E-state index contributed by atoms with van der Waals surface area (Å²) < 4.78 is 36.0. The maximum Gasteiger partial charge on any atom is 0.243 e. The number of carbonyl (C=O) groups is 1. The van der Waals surface area contributed by atoms with Gasteiger partial charge in [-0.05, 0) is 68.5 Å². The molecule has 2 aliphatic heterocycles. The highest BCUT2D eigenvalue weighted by Crippen LogP contribution is 2.33. The number of halogens is 1. The third-order valence-electron chi connectivity index (χ3n) is 8.24. The Bertz CT molecular complexity index is 1510. The van der Waals surface area contributed by atoms with Gasteiger partial charge in [-0.3, -0.25) is 4.79 Å². The van der Waals surface area contributed by atoms with Crippen LogP contribution < -0.4 is 5.73 Å². The number of rotatable bonds is 8. The average molecular weight is 588 g/mol. The van der Waals surface area contributed by atoms with Gasteiger partial charge < -0.3 is 19.9 Å². The van der Waals surface area contributed by atoms with Crippen LogP contribution in [0.15, 0.2) is 41.3 Å². The van der Waals surface area contributed by atoms with E-state index in [9.17, 15) is 13.2 Å². The predicted molar refractivity (Wildman–Crippen MR) is 156 cm³/mol. The number of likely N-dealkylation sites (tertiary alicyclic amines) is 1. The molecule has 40 heavy (non-hydrogen) atoms. The van der Waals surface area contributed by atoms with Crippen molar-refractivity contribution in [2.45, 2.75) is 56.5 Å². The minimum atomic E-state index is -3.82. The van der Waals surface area contributed by atoms with Gasteiger partial charge in [0.2, 0.25) is 15.9 Å². The van der Waals surface area contributed by atoms with Crippen molar-refractivity contribution < 1.29 is 17.9 Å². The Balaban J connectivity index is 1.34. The Kier molecular flexibility index (Phi) is 8.54. The molecule has 5 rings (SSSR count). The summed E-state index contributed by atoms with van der Waals surface area (Å²) in [5.41, 5.74) is 9.73. The van der Waals surface area contributed by atoms with E-state index in [0.29, 0.717) is 35.8 Å². The van der Waals surface area contributed by atoms with Crippen LogP contribution in [0.5, 0.6) is 0 Å². The molecule has 11 heteroatoms. The molecule has 2 N–H and O–H groups in total. The monoisotopic (exact) mass is 587 g/mol. The van der Waals surface area contributed by atoms with E-state index in [1.54, 1.807) is 33.1 Å². The van der Waals surface area contributed by atoms with Gasteiger partial charge in [-0.15, -0.1) is 0 Å². The number of imidazole rings is 1. The van der Waals surface area contributed by atoms with Gasteiger partial charge in [0.05, 0.1) is 21.8 Å². The largest absolute Gasteiger partial charge is 0.385 e. The topological polar surface area (TPSA) is 111 Å². The Morgan fingerprint density at radius 2 is 1.93 bits per heavy atom. The molecule has 0 radical (unpaired) electrons. The van der Waals surface area contributed by atoms with Crippen LogP contribution in [0.1, 0.15) is 42.1 Å². The van der Waals surface area contributed by atoms with Gasteiger partial charge in [-0.1, -0.05) is 23.7 Å². The van der Waals surface area contributed by atoms with Gasteiger partial charge >= 0.3 is 0 Å². The minimum absolute atomic E-state index is 0.0696. The first-order valence-electron chi connectivity index (χ1n) is 13.9. The Morgan fingerprint density at radius 1 is 1.15 bits per heavy atom. The smallest absolute Gasteiger partial charge is 0.243 e. The number of nitrogens with two attached hydrogens (primary N) is 1. The fraction of sp³-hybridized carbons (Fsp3) is 0.517. The maximum absolute atomic E-state index is 13.8. The summed E-state index contributed by atoms with van der Waals surface area (Å²) in [4.78, 5) is 20.9. The Morgan fingerprint density at radius 3 is 2.70 bits per heavy atom. The van der Waals surface area contributed by atoms with E-state index in [-0.39, 0.29) is 29.8 Å². The van der Waals surface area contributed by atoms with Gasteiger partial charge in [0, 0.05) is 63.4 Å². The molecule has 0 spiro atoms. The molecule has 9 nitrogen and oxygen atoms in total. The summed E-state index contributed by atoms with van der Waals surface area (Å²) in [5, 5.41) is 0.523. The molecule has 0 saturated carbocycles. The van der Waals surface area contributed by atoms with E-state index in [4.69, 9.17) is 27.1 Å². The highest BCUT2D eigenvalue weighted by Gasteiger charge is 2.44. The quantitative estimate of drug-likeness (QED) is 0.402. The fourth-order valence-corrected chi connectivity index (χ4v) is 8.06. The summed E-state index contributed by atoms with van der Waals surface area (Å²) in [6.45, 7) is 6.30. The summed E-state index contributed by atoms with van der Waals surface area (Å²) in [6, 6.07) is 10.8. The van der Waals surface area contributed by atoms with Crippen LogP contribution in [0.25, 0.3) is 11.0 Å². The number of ether oxygens (including phenoxy) is 1.